The Morgan fingerprint density at radius 2 is 2.42 bits per heavy atom. The standard InChI is InChI=1S/C7H9N3OS/c1-5(3-8)7-10-9-6(11-7)4-12-2/h5H,4H2,1-2H3. The molecule has 1 aromatic rings. The molecule has 0 saturated heterocycles. The van der Waals surface area contributed by atoms with Crippen LogP contribution in [-0.2, 0) is 5.75 Å². The van der Waals surface area contributed by atoms with Gasteiger partial charge in [0, 0.05) is 0 Å². The molecule has 5 heteroatoms. The molecule has 0 spiro atoms. The van der Waals surface area contributed by atoms with Gasteiger partial charge in [-0.2, -0.15) is 17.0 Å². The molecular formula is C7H9N3OS. The first-order valence-electron chi connectivity index (χ1n) is 3.48. The van der Waals surface area contributed by atoms with Gasteiger partial charge in [-0.25, -0.2) is 0 Å². The largest absolute Gasteiger partial charge is 0.423 e. The molecule has 0 N–H and O–H groups in total. The molecule has 0 aliphatic heterocycles. The van der Waals surface area contributed by atoms with Crippen LogP contribution >= 0.6 is 11.8 Å². The average Bonchev–Trinajstić information content (AvgIpc) is 2.52. The first-order chi connectivity index (χ1) is 5.77. The van der Waals surface area contributed by atoms with E-state index >= 15 is 0 Å². The molecule has 0 radical (unpaired) electrons. The molecule has 1 rings (SSSR count). The number of hydrogen-bond donors (Lipinski definition) is 0. The quantitative estimate of drug-likeness (QED) is 0.711. The van der Waals surface area contributed by atoms with Crippen LogP contribution in [0, 0.1) is 11.3 Å². The Hall–Kier alpha value is -1.02. The van der Waals surface area contributed by atoms with Crippen LogP contribution in [-0.4, -0.2) is 16.5 Å². The second-order valence-electron chi connectivity index (χ2n) is 2.32. The molecule has 0 amide bonds. The van der Waals surface area contributed by atoms with E-state index < -0.39 is 0 Å². The number of thioether (sulfide) groups is 1. The molecule has 0 aliphatic rings. The van der Waals surface area contributed by atoms with Gasteiger partial charge in [-0.1, -0.05) is 0 Å². The third-order valence-corrected chi connectivity index (χ3v) is 1.85. The minimum Gasteiger partial charge on any atom is -0.423 e. The Kier molecular flexibility index (Phi) is 3.11. The van der Waals surface area contributed by atoms with E-state index in [0.29, 0.717) is 17.5 Å². The summed E-state index contributed by atoms with van der Waals surface area (Å²) in [4.78, 5) is 0. The molecule has 64 valence electrons. The summed E-state index contributed by atoms with van der Waals surface area (Å²) >= 11 is 1.61. The molecule has 0 aliphatic carbocycles. The Morgan fingerprint density at radius 3 is 3.00 bits per heavy atom. The predicted molar refractivity (Wildman–Crippen MR) is 45.5 cm³/mol. The van der Waals surface area contributed by atoms with Gasteiger partial charge >= 0.3 is 0 Å². The molecule has 1 heterocycles. The summed E-state index contributed by atoms with van der Waals surface area (Å²) in [5.74, 6) is 1.37. The lowest BCUT2D eigenvalue weighted by Crippen LogP contribution is -1.88. The van der Waals surface area contributed by atoms with Crippen molar-refractivity contribution >= 4 is 11.8 Å². The van der Waals surface area contributed by atoms with Crippen molar-refractivity contribution in [1.82, 2.24) is 10.2 Å². The fourth-order valence-electron chi connectivity index (χ4n) is 0.679. The van der Waals surface area contributed by atoms with Gasteiger partial charge in [0.25, 0.3) is 0 Å². The van der Waals surface area contributed by atoms with Crippen molar-refractivity contribution in [3.05, 3.63) is 11.8 Å². The Morgan fingerprint density at radius 1 is 1.67 bits per heavy atom. The summed E-state index contributed by atoms with van der Waals surface area (Å²) in [6.45, 7) is 1.73. The summed E-state index contributed by atoms with van der Waals surface area (Å²) in [6.07, 6.45) is 1.96. The van der Waals surface area contributed by atoms with E-state index in [4.69, 9.17) is 9.68 Å². The second kappa shape index (κ2) is 4.12. The van der Waals surface area contributed by atoms with Crippen LogP contribution in [0.15, 0.2) is 4.42 Å². The van der Waals surface area contributed by atoms with Crippen LogP contribution in [0.5, 0.6) is 0 Å². The monoisotopic (exact) mass is 183 g/mol. The molecule has 0 fully saturated rings. The Bertz CT molecular complexity index is 291. The lowest BCUT2D eigenvalue weighted by atomic mass is 10.2. The van der Waals surface area contributed by atoms with E-state index in [1.807, 2.05) is 12.3 Å². The highest BCUT2D eigenvalue weighted by molar-refractivity contribution is 7.97. The molecule has 1 unspecified atom stereocenters. The highest BCUT2D eigenvalue weighted by Crippen LogP contribution is 2.14. The minimum atomic E-state index is -0.312. The van der Waals surface area contributed by atoms with Crippen molar-refractivity contribution in [3.63, 3.8) is 0 Å². The van der Waals surface area contributed by atoms with E-state index in [9.17, 15) is 0 Å². The first-order valence-corrected chi connectivity index (χ1v) is 4.88. The first kappa shape index (κ1) is 9.07. The van der Waals surface area contributed by atoms with E-state index in [-0.39, 0.29) is 5.92 Å². The maximum atomic E-state index is 8.54. The topological polar surface area (TPSA) is 62.7 Å². The Balaban J connectivity index is 2.71. The zero-order valence-corrected chi connectivity index (χ0v) is 7.76. The summed E-state index contributed by atoms with van der Waals surface area (Å²) in [7, 11) is 0. The van der Waals surface area contributed by atoms with Crippen LogP contribution < -0.4 is 0 Å². The highest BCUT2D eigenvalue weighted by atomic mass is 32.2. The molecule has 0 aromatic carbocycles. The van der Waals surface area contributed by atoms with Crippen molar-refractivity contribution in [2.24, 2.45) is 0 Å². The van der Waals surface area contributed by atoms with Crippen LogP contribution in [0.4, 0.5) is 0 Å². The number of nitriles is 1. The normalized spacial score (nSPS) is 12.4. The smallest absolute Gasteiger partial charge is 0.233 e. The van der Waals surface area contributed by atoms with Gasteiger partial charge in [0.2, 0.25) is 11.8 Å². The number of rotatable bonds is 3. The number of aromatic nitrogens is 2. The zero-order chi connectivity index (χ0) is 8.97. The summed E-state index contributed by atoms with van der Waals surface area (Å²) in [6, 6.07) is 2.03. The SMILES string of the molecule is CSCc1nnc(C(C)C#N)o1. The lowest BCUT2D eigenvalue weighted by molar-refractivity contribution is 0.458. The van der Waals surface area contributed by atoms with Crippen molar-refractivity contribution in [3.8, 4) is 6.07 Å². The van der Waals surface area contributed by atoms with Gasteiger partial charge in [-0.05, 0) is 13.2 Å². The van der Waals surface area contributed by atoms with E-state index in [1.165, 1.54) is 0 Å². The third-order valence-electron chi connectivity index (χ3n) is 1.31. The maximum Gasteiger partial charge on any atom is 0.233 e. The van der Waals surface area contributed by atoms with Crippen molar-refractivity contribution < 1.29 is 4.42 Å². The van der Waals surface area contributed by atoms with Gasteiger partial charge < -0.3 is 4.42 Å². The summed E-state index contributed by atoms with van der Waals surface area (Å²) in [5.41, 5.74) is 0. The van der Waals surface area contributed by atoms with Crippen molar-refractivity contribution in [1.29, 1.82) is 5.26 Å². The minimum absolute atomic E-state index is 0.312. The fraction of sp³-hybridized carbons (Fsp3) is 0.571. The van der Waals surface area contributed by atoms with Gasteiger partial charge in [0.05, 0.1) is 11.8 Å². The molecule has 12 heavy (non-hydrogen) atoms. The molecule has 0 saturated carbocycles. The van der Waals surface area contributed by atoms with Crippen LogP contribution in [0.25, 0.3) is 0 Å². The van der Waals surface area contributed by atoms with Crippen LogP contribution in [0.2, 0.25) is 0 Å². The van der Waals surface area contributed by atoms with Crippen molar-refractivity contribution in [2.45, 2.75) is 18.6 Å². The number of nitrogens with zero attached hydrogens (tertiary/aromatic N) is 3. The second-order valence-corrected chi connectivity index (χ2v) is 3.18. The summed E-state index contributed by atoms with van der Waals surface area (Å²) < 4.78 is 5.21. The predicted octanol–water partition coefficient (Wildman–Crippen LogP) is 1.56. The van der Waals surface area contributed by atoms with Gasteiger partial charge in [0.1, 0.15) is 5.92 Å². The molecular weight excluding hydrogens is 174 g/mol. The van der Waals surface area contributed by atoms with E-state index in [0.717, 1.165) is 0 Å². The van der Waals surface area contributed by atoms with Gasteiger partial charge in [-0.15, -0.1) is 10.2 Å². The third kappa shape index (κ3) is 1.98. The van der Waals surface area contributed by atoms with Crippen LogP contribution in [0.1, 0.15) is 24.6 Å². The average molecular weight is 183 g/mol. The van der Waals surface area contributed by atoms with Gasteiger partial charge in [0.15, 0.2) is 0 Å². The zero-order valence-electron chi connectivity index (χ0n) is 6.94. The maximum absolute atomic E-state index is 8.54. The summed E-state index contributed by atoms with van der Waals surface area (Å²) in [5, 5.41) is 16.1. The molecule has 0 bridgehead atoms. The highest BCUT2D eigenvalue weighted by Gasteiger charge is 2.11. The molecule has 1 atom stereocenters. The van der Waals surface area contributed by atoms with E-state index in [1.54, 1.807) is 18.7 Å². The van der Waals surface area contributed by atoms with E-state index in [2.05, 4.69) is 10.2 Å². The number of hydrogen-bond acceptors (Lipinski definition) is 5. The van der Waals surface area contributed by atoms with Gasteiger partial charge in [-0.3, -0.25) is 0 Å². The van der Waals surface area contributed by atoms with Crippen LogP contribution in [0.3, 0.4) is 0 Å². The Labute approximate surface area is 75.0 Å². The lowest BCUT2D eigenvalue weighted by Gasteiger charge is -1.91. The fourth-order valence-corrected chi connectivity index (χ4v) is 1.04. The van der Waals surface area contributed by atoms with Crippen molar-refractivity contribution in [2.75, 3.05) is 6.26 Å². The molecule has 4 nitrogen and oxygen atoms in total. The molecule has 1 aromatic heterocycles.